The number of amides is 1. The van der Waals surface area contributed by atoms with Crippen molar-refractivity contribution in [1.29, 1.82) is 0 Å². The van der Waals surface area contributed by atoms with Gasteiger partial charge in [-0.1, -0.05) is 24.3 Å². The minimum atomic E-state index is -0.875. The molecule has 3 heterocycles. The van der Waals surface area contributed by atoms with E-state index >= 15 is 0 Å². The summed E-state index contributed by atoms with van der Waals surface area (Å²) in [6, 6.07) is 13.1. The molecule has 7 heteroatoms. The number of aromatic nitrogens is 1. The van der Waals surface area contributed by atoms with Gasteiger partial charge in [0.15, 0.2) is 5.76 Å². The summed E-state index contributed by atoms with van der Waals surface area (Å²) in [5.41, 5.74) is 2.95. The maximum Gasteiger partial charge on any atom is 0.317 e. The summed E-state index contributed by atoms with van der Waals surface area (Å²) in [5.74, 6) is 0.179. The molecule has 5 rings (SSSR count). The Morgan fingerprint density at radius 3 is 2.42 bits per heavy atom. The number of nitrogens with zero attached hydrogens (tertiary/aromatic N) is 2. The van der Waals surface area contributed by atoms with Gasteiger partial charge in [0.2, 0.25) is 0 Å². The number of aryl methyl sites for hydroxylation is 2. The maximum absolute atomic E-state index is 12.8. The van der Waals surface area contributed by atoms with Gasteiger partial charge in [0, 0.05) is 29.0 Å². The molecule has 0 radical (unpaired) electrons. The van der Waals surface area contributed by atoms with E-state index in [2.05, 4.69) is 5.18 Å². The van der Waals surface area contributed by atoms with Gasteiger partial charge < -0.3 is 13.9 Å². The normalized spacial score (nSPS) is 17.4. The van der Waals surface area contributed by atoms with E-state index in [4.69, 9.17) is 18.9 Å². The molecule has 0 aliphatic carbocycles. The summed E-state index contributed by atoms with van der Waals surface area (Å²) < 4.78 is 18.8. The van der Waals surface area contributed by atoms with Crippen LogP contribution in [0.4, 0.5) is 0 Å². The van der Waals surface area contributed by atoms with E-state index in [1.165, 1.54) is 0 Å². The molecule has 0 bridgehead atoms. The Morgan fingerprint density at radius 2 is 1.75 bits per heavy atom. The Labute approximate surface area is 209 Å². The van der Waals surface area contributed by atoms with Crippen LogP contribution in [0.2, 0.25) is 0 Å². The molecular formula is C29H30N2O5. The minimum absolute atomic E-state index is 0.140. The van der Waals surface area contributed by atoms with Crippen LogP contribution in [0.5, 0.6) is 5.75 Å². The fourth-order valence-electron chi connectivity index (χ4n) is 5.56. The van der Waals surface area contributed by atoms with Crippen molar-refractivity contribution in [1.82, 2.24) is 4.98 Å². The molecule has 1 saturated heterocycles. The largest absolute Gasteiger partial charge is 0.489 e. The molecule has 0 spiro atoms. The van der Waals surface area contributed by atoms with Gasteiger partial charge in [-0.15, -0.1) is 4.91 Å². The molecule has 0 saturated carbocycles. The predicted octanol–water partition coefficient (Wildman–Crippen LogP) is 7.29. The van der Waals surface area contributed by atoms with E-state index in [-0.39, 0.29) is 22.9 Å². The summed E-state index contributed by atoms with van der Waals surface area (Å²) in [4.78, 5) is 29.2. The van der Waals surface area contributed by atoms with Gasteiger partial charge >= 0.3 is 5.91 Å². The third-order valence-electron chi connectivity index (χ3n) is 6.80. The lowest BCUT2D eigenvalue weighted by Gasteiger charge is -2.45. The van der Waals surface area contributed by atoms with Crippen molar-refractivity contribution in [2.24, 2.45) is 5.18 Å². The number of ether oxygens (including phenoxy) is 2. The molecule has 0 N–H and O–H groups in total. The second kappa shape index (κ2) is 8.52. The zero-order valence-electron chi connectivity index (χ0n) is 21.5. The van der Waals surface area contributed by atoms with Crippen LogP contribution in [-0.2, 0) is 4.74 Å². The zero-order valence-corrected chi connectivity index (χ0v) is 21.5. The molecule has 1 amide bonds. The fraction of sp³-hybridized carbons (Fsp3) is 0.379. The topological polar surface area (TPSA) is 91.0 Å². The van der Waals surface area contributed by atoms with Gasteiger partial charge in [0.05, 0.1) is 27.7 Å². The number of carbonyl (C=O) groups is 1. The average molecular weight is 487 g/mol. The molecule has 2 aromatic carbocycles. The number of pyridine rings is 1. The lowest BCUT2D eigenvalue weighted by atomic mass is 9.87. The minimum Gasteiger partial charge on any atom is -0.489 e. The van der Waals surface area contributed by atoms with Gasteiger partial charge in [-0.2, -0.15) is 0 Å². The highest BCUT2D eigenvalue weighted by Crippen LogP contribution is 2.41. The fourth-order valence-corrected chi connectivity index (χ4v) is 5.56. The highest BCUT2D eigenvalue weighted by Gasteiger charge is 2.40. The van der Waals surface area contributed by atoms with E-state index in [9.17, 15) is 9.70 Å². The van der Waals surface area contributed by atoms with Crippen LogP contribution in [-0.4, -0.2) is 28.2 Å². The molecule has 0 atom stereocenters. The van der Waals surface area contributed by atoms with Crippen LogP contribution in [0.3, 0.4) is 0 Å². The number of rotatable bonds is 4. The van der Waals surface area contributed by atoms with Crippen molar-refractivity contribution < 1.29 is 18.7 Å². The van der Waals surface area contributed by atoms with Crippen LogP contribution in [0.25, 0.3) is 33.3 Å². The first kappa shape index (κ1) is 24.1. The second-order valence-corrected chi connectivity index (χ2v) is 10.9. The van der Waals surface area contributed by atoms with E-state index in [0.717, 1.165) is 22.1 Å². The van der Waals surface area contributed by atoms with Crippen molar-refractivity contribution in [3.05, 3.63) is 64.1 Å². The van der Waals surface area contributed by atoms with E-state index < -0.39 is 5.91 Å². The van der Waals surface area contributed by atoms with Crippen molar-refractivity contribution in [3.8, 4) is 17.2 Å². The van der Waals surface area contributed by atoms with Crippen LogP contribution in [0.1, 0.15) is 62.0 Å². The SMILES string of the molecule is Cc1c(-c2cc(C(=O)N=O)c3c(OC4CC(C)(C)OC(C)(C)C4)ccc(C)c3n2)oc2ccccc12. The number of para-hydroxylation sites is 1. The lowest BCUT2D eigenvalue weighted by molar-refractivity contribution is -0.182. The monoisotopic (exact) mass is 486 g/mol. The molecule has 1 aliphatic heterocycles. The number of carbonyl (C=O) groups excluding carboxylic acids is 1. The number of hydrogen-bond donors (Lipinski definition) is 0. The molecule has 7 nitrogen and oxygen atoms in total. The van der Waals surface area contributed by atoms with Gasteiger partial charge in [-0.25, -0.2) is 4.98 Å². The Bertz CT molecular complexity index is 1500. The second-order valence-electron chi connectivity index (χ2n) is 10.9. The molecule has 36 heavy (non-hydrogen) atoms. The van der Waals surface area contributed by atoms with Crippen LogP contribution in [0, 0.1) is 18.8 Å². The summed E-state index contributed by atoms with van der Waals surface area (Å²) in [6.45, 7) is 12.1. The molecular weight excluding hydrogens is 456 g/mol. The predicted molar refractivity (Wildman–Crippen MR) is 139 cm³/mol. The standard InChI is InChI=1S/C29H30N2O5/c1-16-11-12-23(34-18-14-28(3,4)36-29(5,6)15-18)24-20(27(32)31-33)13-21(30-25(16)24)26-17(2)19-9-7-8-10-22(19)35-26/h7-13,18H,14-15H2,1-6H3. The Morgan fingerprint density at radius 1 is 1.06 bits per heavy atom. The van der Waals surface area contributed by atoms with Crippen molar-refractivity contribution in [2.75, 3.05) is 0 Å². The molecule has 2 aromatic heterocycles. The molecule has 1 aliphatic rings. The van der Waals surface area contributed by atoms with Crippen LogP contribution >= 0.6 is 0 Å². The Kier molecular flexibility index (Phi) is 5.71. The summed E-state index contributed by atoms with van der Waals surface area (Å²) in [7, 11) is 0. The molecule has 1 fully saturated rings. The number of furan rings is 1. The quantitative estimate of drug-likeness (QED) is 0.281. The zero-order chi connectivity index (χ0) is 25.8. The summed E-state index contributed by atoms with van der Waals surface area (Å²) in [6.07, 6.45) is 1.23. The Hall–Kier alpha value is -3.58. The van der Waals surface area contributed by atoms with Gasteiger partial charge in [0.1, 0.15) is 23.1 Å². The average Bonchev–Trinajstić information content (AvgIpc) is 3.14. The first-order chi connectivity index (χ1) is 17.0. The van der Waals surface area contributed by atoms with E-state index in [1.807, 2.05) is 77.9 Å². The van der Waals surface area contributed by atoms with Crippen molar-refractivity contribution in [3.63, 3.8) is 0 Å². The van der Waals surface area contributed by atoms with Crippen molar-refractivity contribution in [2.45, 2.75) is 71.7 Å². The van der Waals surface area contributed by atoms with Gasteiger partial charge in [-0.05, 0) is 65.3 Å². The van der Waals surface area contributed by atoms with Gasteiger partial charge in [-0.3, -0.25) is 4.79 Å². The number of nitroso groups, excluding NO2 is 1. The van der Waals surface area contributed by atoms with Crippen LogP contribution in [0.15, 0.2) is 52.1 Å². The number of benzene rings is 2. The van der Waals surface area contributed by atoms with Crippen LogP contribution < -0.4 is 4.74 Å². The first-order valence-electron chi connectivity index (χ1n) is 12.2. The molecule has 0 unspecified atom stereocenters. The first-order valence-corrected chi connectivity index (χ1v) is 12.2. The van der Waals surface area contributed by atoms with E-state index in [0.29, 0.717) is 40.9 Å². The Balaban J connectivity index is 1.68. The van der Waals surface area contributed by atoms with E-state index in [1.54, 1.807) is 6.07 Å². The lowest BCUT2D eigenvalue weighted by Crippen LogP contribution is -2.49. The highest BCUT2D eigenvalue weighted by atomic mass is 16.5. The highest BCUT2D eigenvalue weighted by molar-refractivity contribution is 6.10. The number of hydrogen-bond acceptors (Lipinski definition) is 6. The number of fused-ring (bicyclic) bond motifs is 2. The van der Waals surface area contributed by atoms with Crippen molar-refractivity contribution >= 4 is 27.8 Å². The third kappa shape index (κ3) is 4.28. The third-order valence-corrected chi connectivity index (χ3v) is 6.80. The molecule has 186 valence electrons. The summed E-state index contributed by atoms with van der Waals surface area (Å²) in [5, 5.41) is 4.20. The maximum atomic E-state index is 12.8. The summed E-state index contributed by atoms with van der Waals surface area (Å²) >= 11 is 0. The van der Waals surface area contributed by atoms with Gasteiger partial charge in [0.25, 0.3) is 0 Å². The smallest absolute Gasteiger partial charge is 0.317 e. The molecule has 4 aromatic rings.